The van der Waals surface area contributed by atoms with Crippen LogP contribution in [0.15, 0.2) is 30.5 Å². The summed E-state index contributed by atoms with van der Waals surface area (Å²) >= 11 is 0. The molecule has 3 N–H and O–H groups in total. The molecule has 10 heteroatoms. The molecular weight excluding hydrogens is 462 g/mol. The first-order valence-electron chi connectivity index (χ1n) is 12.2. The summed E-state index contributed by atoms with van der Waals surface area (Å²) in [4.78, 5) is 42.0. The number of H-pyrrole nitrogens is 1. The maximum absolute atomic E-state index is 12.9. The summed E-state index contributed by atoms with van der Waals surface area (Å²) in [6, 6.07) is 7.31. The molecule has 2 aliphatic carbocycles. The molecule has 2 heterocycles. The maximum atomic E-state index is 12.9. The van der Waals surface area contributed by atoms with Gasteiger partial charge in [-0.25, -0.2) is 4.98 Å². The molecule has 3 aromatic rings. The SMILES string of the molecule is CNC(=O)c1n[nH]c2cc(-c3cnc(OC)c(NC(=O)CC4(C(=O)OC5CCCC5)CC4)c3)ccc12. The third kappa shape index (κ3) is 4.62. The highest BCUT2D eigenvalue weighted by Gasteiger charge is 2.53. The van der Waals surface area contributed by atoms with Gasteiger partial charge in [0.25, 0.3) is 5.91 Å². The Balaban J connectivity index is 1.32. The van der Waals surface area contributed by atoms with Gasteiger partial charge in [0.2, 0.25) is 11.8 Å². The number of benzene rings is 1. The van der Waals surface area contributed by atoms with E-state index in [2.05, 4.69) is 25.8 Å². The van der Waals surface area contributed by atoms with Crippen LogP contribution in [0.5, 0.6) is 5.88 Å². The lowest BCUT2D eigenvalue weighted by atomic mass is 10.0. The molecule has 0 aliphatic heterocycles. The number of fused-ring (bicyclic) bond motifs is 1. The van der Waals surface area contributed by atoms with Gasteiger partial charge < -0.3 is 20.1 Å². The second-order valence-electron chi connectivity index (χ2n) is 9.51. The summed E-state index contributed by atoms with van der Waals surface area (Å²) in [5, 5.41) is 13.1. The Morgan fingerprint density at radius 3 is 2.61 bits per heavy atom. The normalized spacial score (nSPS) is 16.5. The standard InChI is InChI=1S/C26H29N5O5/c1-27-23(33)22-18-8-7-15(11-19(18)30-31-22)16-12-20(24(35-2)28-14-16)29-21(32)13-26(9-10-26)25(34)36-17-5-3-4-6-17/h7-8,11-12,14,17H,3-6,9-10,13H2,1-2H3,(H,27,33)(H,29,32)(H,30,31). The van der Waals surface area contributed by atoms with E-state index in [9.17, 15) is 14.4 Å². The summed E-state index contributed by atoms with van der Waals surface area (Å²) in [6.07, 6.45) is 6.98. The van der Waals surface area contributed by atoms with Crippen molar-refractivity contribution in [3.8, 4) is 17.0 Å². The molecule has 188 valence electrons. The lowest BCUT2D eigenvalue weighted by Crippen LogP contribution is -2.28. The molecule has 36 heavy (non-hydrogen) atoms. The van der Waals surface area contributed by atoms with Crippen LogP contribution in [0.1, 0.15) is 55.4 Å². The van der Waals surface area contributed by atoms with Crippen molar-refractivity contribution in [1.82, 2.24) is 20.5 Å². The van der Waals surface area contributed by atoms with Crippen molar-refractivity contribution < 1.29 is 23.9 Å². The van der Waals surface area contributed by atoms with Gasteiger partial charge in [-0.2, -0.15) is 5.10 Å². The van der Waals surface area contributed by atoms with Gasteiger partial charge in [-0.3, -0.25) is 19.5 Å². The Bertz CT molecular complexity index is 1320. The highest BCUT2D eigenvalue weighted by atomic mass is 16.5. The number of rotatable bonds is 8. The van der Waals surface area contributed by atoms with Gasteiger partial charge in [0.1, 0.15) is 11.8 Å². The zero-order valence-electron chi connectivity index (χ0n) is 20.3. The number of anilines is 1. The van der Waals surface area contributed by atoms with Crippen molar-refractivity contribution in [3.63, 3.8) is 0 Å². The first-order valence-corrected chi connectivity index (χ1v) is 12.2. The van der Waals surface area contributed by atoms with Crippen LogP contribution in [0, 0.1) is 5.41 Å². The lowest BCUT2D eigenvalue weighted by molar-refractivity contribution is -0.156. The van der Waals surface area contributed by atoms with E-state index >= 15 is 0 Å². The van der Waals surface area contributed by atoms with E-state index < -0.39 is 5.41 Å². The quantitative estimate of drug-likeness (QED) is 0.410. The van der Waals surface area contributed by atoms with E-state index in [1.165, 1.54) is 7.11 Å². The van der Waals surface area contributed by atoms with Crippen molar-refractivity contribution in [1.29, 1.82) is 0 Å². The number of nitrogens with one attached hydrogen (secondary N) is 3. The summed E-state index contributed by atoms with van der Waals surface area (Å²) in [5.74, 6) is -0.541. The van der Waals surface area contributed by atoms with Crippen LogP contribution in [0.2, 0.25) is 0 Å². The molecule has 2 saturated carbocycles. The summed E-state index contributed by atoms with van der Waals surface area (Å²) in [6.45, 7) is 0. The third-order valence-electron chi connectivity index (χ3n) is 7.02. The number of hydrogen-bond acceptors (Lipinski definition) is 7. The molecular formula is C26H29N5O5. The number of esters is 1. The van der Waals surface area contributed by atoms with Gasteiger partial charge in [0, 0.05) is 30.6 Å². The average Bonchev–Trinajstić information content (AvgIpc) is 3.27. The van der Waals surface area contributed by atoms with Gasteiger partial charge in [-0.15, -0.1) is 0 Å². The second kappa shape index (κ2) is 9.60. The molecule has 2 aromatic heterocycles. The molecule has 0 atom stereocenters. The highest BCUT2D eigenvalue weighted by Crippen LogP contribution is 2.50. The predicted molar refractivity (Wildman–Crippen MR) is 133 cm³/mol. The summed E-state index contributed by atoms with van der Waals surface area (Å²) in [7, 11) is 3.04. The van der Waals surface area contributed by atoms with Gasteiger partial charge >= 0.3 is 5.97 Å². The number of aromatic nitrogens is 3. The molecule has 5 rings (SSSR count). The summed E-state index contributed by atoms with van der Waals surface area (Å²) < 4.78 is 11.0. The largest absolute Gasteiger partial charge is 0.480 e. The number of pyridine rings is 1. The molecule has 0 bridgehead atoms. The average molecular weight is 492 g/mol. The lowest BCUT2D eigenvalue weighted by Gasteiger charge is -2.18. The van der Waals surface area contributed by atoms with Gasteiger partial charge in [0.05, 0.1) is 18.0 Å². The fourth-order valence-electron chi connectivity index (χ4n) is 4.74. The van der Waals surface area contributed by atoms with Crippen LogP contribution in [0.4, 0.5) is 5.69 Å². The fraction of sp³-hybridized carbons (Fsp3) is 0.423. The number of methoxy groups -OCH3 is 1. The Morgan fingerprint density at radius 2 is 1.92 bits per heavy atom. The number of aromatic amines is 1. The third-order valence-corrected chi connectivity index (χ3v) is 7.02. The molecule has 0 spiro atoms. The number of carbonyl (C=O) groups is 3. The number of amides is 2. The Labute approximate surface area is 208 Å². The minimum absolute atomic E-state index is 0.0151. The number of hydrogen-bond donors (Lipinski definition) is 3. The second-order valence-corrected chi connectivity index (χ2v) is 9.51. The molecule has 10 nitrogen and oxygen atoms in total. The van der Waals surface area contributed by atoms with Crippen molar-refractivity contribution >= 4 is 34.4 Å². The van der Waals surface area contributed by atoms with Crippen molar-refractivity contribution in [2.45, 2.75) is 51.0 Å². The van der Waals surface area contributed by atoms with E-state index in [0.717, 1.165) is 36.8 Å². The Hall–Kier alpha value is -3.95. The fourth-order valence-corrected chi connectivity index (χ4v) is 4.74. The van der Waals surface area contributed by atoms with Crippen molar-refractivity contribution in [2.75, 3.05) is 19.5 Å². The van der Waals surface area contributed by atoms with E-state index in [1.54, 1.807) is 19.3 Å². The van der Waals surface area contributed by atoms with Gasteiger partial charge in [-0.1, -0.05) is 6.07 Å². The van der Waals surface area contributed by atoms with Crippen LogP contribution in [0.3, 0.4) is 0 Å². The Morgan fingerprint density at radius 1 is 1.14 bits per heavy atom. The van der Waals surface area contributed by atoms with E-state index in [4.69, 9.17) is 9.47 Å². The van der Waals surface area contributed by atoms with E-state index in [-0.39, 0.29) is 36.2 Å². The van der Waals surface area contributed by atoms with Gasteiger partial charge in [0.15, 0.2) is 5.69 Å². The zero-order valence-corrected chi connectivity index (χ0v) is 20.3. The Kier molecular flexibility index (Phi) is 6.34. The van der Waals surface area contributed by atoms with Crippen LogP contribution >= 0.6 is 0 Å². The summed E-state index contributed by atoms with van der Waals surface area (Å²) in [5.41, 5.74) is 2.27. The van der Waals surface area contributed by atoms with Crippen LogP contribution in [0.25, 0.3) is 22.0 Å². The first kappa shape index (κ1) is 23.8. The number of carbonyl (C=O) groups excluding carboxylic acids is 3. The first-order chi connectivity index (χ1) is 17.4. The van der Waals surface area contributed by atoms with Gasteiger partial charge in [-0.05, 0) is 62.3 Å². The van der Waals surface area contributed by atoms with Crippen LogP contribution in [-0.4, -0.2) is 53.2 Å². The highest BCUT2D eigenvalue weighted by molar-refractivity contribution is 6.05. The van der Waals surface area contributed by atoms with Crippen molar-refractivity contribution in [3.05, 3.63) is 36.2 Å². The van der Waals surface area contributed by atoms with Crippen LogP contribution in [-0.2, 0) is 14.3 Å². The molecule has 2 fully saturated rings. The van der Waals surface area contributed by atoms with Crippen molar-refractivity contribution in [2.24, 2.45) is 5.41 Å². The number of ether oxygens (including phenoxy) is 2. The topological polar surface area (TPSA) is 135 Å². The molecule has 0 unspecified atom stereocenters. The number of nitrogens with zero attached hydrogens (tertiary/aromatic N) is 2. The minimum atomic E-state index is -0.723. The predicted octanol–water partition coefficient (Wildman–Crippen LogP) is 3.59. The molecule has 2 amide bonds. The molecule has 2 aliphatic rings. The smallest absolute Gasteiger partial charge is 0.312 e. The van der Waals surface area contributed by atoms with Crippen LogP contribution < -0.4 is 15.4 Å². The molecule has 0 saturated heterocycles. The van der Waals surface area contributed by atoms with E-state index in [1.807, 2.05) is 18.2 Å². The minimum Gasteiger partial charge on any atom is -0.480 e. The monoisotopic (exact) mass is 491 g/mol. The molecule has 1 aromatic carbocycles. The zero-order chi connectivity index (χ0) is 25.3. The molecule has 0 radical (unpaired) electrons. The maximum Gasteiger partial charge on any atom is 0.312 e. The van der Waals surface area contributed by atoms with E-state index in [0.29, 0.717) is 35.1 Å².